The molecule has 0 atom stereocenters. The lowest BCUT2D eigenvalue weighted by Gasteiger charge is -2.12. The topological polar surface area (TPSA) is 97.4 Å². The van der Waals surface area contributed by atoms with Crippen molar-refractivity contribution in [2.45, 2.75) is 38.3 Å². The number of carbonyl (C=O) groups is 1. The minimum absolute atomic E-state index is 0.00690. The predicted octanol–water partition coefficient (Wildman–Crippen LogP) is 4.05. The van der Waals surface area contributed by atoms with Gasteiger partial charge in [-0.2, -0.15) is 0 Å². The summed E-state index contributed by atoms with van der Waals surface area (Å²) in [5, 5.41) is 2.76. The number of nitrogens with zero attached hydrogens (tertiary/aromatic N) is 1. The van der Waals surface area contributed by atoms with Crippen molar-refractivity contribution in [3.8, 4) is 5.88 Å². The number of amides is 1. The molecule has 3 rings (SSSR count). The Morgan fingerprint density at radius 1 is 1.12 bits per heavy atom. The van der Waals surface area contributed by atoms with Crippen molar-refractivity contribution in [1.82, 2.24) is 10.3 Å². The average molecular weight is 458 g/mol. The first-order chi connectivity index (χ1) is 15.2. The highest BCUT2D eigenvalue weighted by atomic mass is 32.2. The first-order valence-corrected chi connectivity index (χ1v) is 11.4. The van der Waals surface area contributed by atoms with Gasteiger partial charge in [-0.25, -0.2) is 17.8 Å². The summed E-state index contributed by atoms with van der Waals surface area (Å²) in [4.78, 5) is 16.8. The van der Waals surface area contributed by atoms with Gasteiger partial charge in [0.25, 0.3) is 15.9 Å². The van der Waals surface area contributed by atoms with E-state index in [-0.39, 0.29) is 28.8 Å². The predicted molar refractivity (Wildman–Crippen MR) is 120 cm³/mol. The maximum absolute atomic E-state index is 13.9. The molecule has 0 saturated heterocycles. The molecule has 168 valence electrons. The van der Waals surface area contributed by atoms with Gasteiger partial charge in [-0.15, -0.1) is 0 Å². The molecule has 1 amide bonds. The minimum Gasteiger partial charge on any atom is -0.475 e. The van der Waals surface area contributed by atoms with Crippen LogP contribution in [0.2, 0.25) is 0 Å². The van der Waals surface area contributed by atoms with Gasteiger partial charge in [-0.3, -0.25) is 9.52 Å². The number of rotatable bonds is 8. The standard InChI is InChI=1S/C23H24FN3O4S/c1-15(2)31-22-11-9-17(13-25-22)14-26-23(28)19-12-18(10-8-16(19)3)32(29,30)27-21-7-5-4-6-20(21)24/h4-13,15,27H,14H2,1-3H3,(H,26,28). The first-order valence-electron chi connectivity index (χ1n) is 9.93. The van der Waals surface area contributed by atoms with Gasteiger partial charge in [0.2, 0.25) is 5.88 Å². The molecule has 1 heterocycles. The SMILES string of the molecule is Cc1ccc(S(=O)(=O)Nc2ccccc2F)cc1C(=O)NCc1ccc(OC(C)C)nc1. The lowest BCUT2D eigenvalue weighted by Crippen LogP contribution is -2.24. The number of carbonyl (C=O) groups excluding carboxylic acids is 1. The van der Waals surface area contributed by atoms with Crippen LogP contribution in [0.3, 0.4) is 0 Å². The van der Waals surface area contributed by atoms with Crippen LogP contribution in [0, 0.1) is 12.7 Å². The molecule has 0 bridgehead atoms. The Morgan fingerprint density at radius 3 is 2.53 bits per heavy atom. The summed E-state index contributed by atoms with van der Waals surface area (Å²) >= 11 is 0. The second kappa shape index (κ2) is 9.78. The molecule has 9 heteroatoms. The number of para-hydroxylation sites is 1. The lowest BCUT2D eigenvalue weighted by atomic mass is 10.1. The van der Waals surface area contributed by atoms with E-state index >= 15 is 0 Å². The Bertz CT molecular complexity index is 1210. The zero-order valence-electron chi connectivity index (χ0n) is 17.9. The molecule has 3 aromatic rings. The summed E-state index contributed by atoms with van der Waals surface area (Å²) in [6.07, 6.45) is 1.61. The van der Waals surface area contributed by atoms with Gasteiger partial charge in [0.05, 0.1) is 16.7 Å². The number of aromatic nitrogens is 1. The van der Waals surface area contributed by atoms with Crippen LogP contribution < -0.4 is 14.8 Å². The monoisotopic (exact) mass is 457 g/mol. The molecule has 0 aliphatic carbocycles. The number of nitrogens with one attached hydrogen (secondary N) is 2. The summed E-state index contributed by atoms with van der Waals surface area (Å²) in [6, 6.07) is 13.1. The van der Waals surface area contributed by atoms with Gasteiger partial charge >= 0.3 is 0 Å². The summed E-state index contributed by atoms with van der Waals surface area (Å²) in [5.41, 5.74) is 1.40. The van der Waals surface area contributed by atoms with Crippen molar-refractivity contribution < 1.29 is 22.3 Å². The van der Waals surface area contributed by atoms with Gasteiger partial charge in [0.1, 0.15) is 5.82 Å². The van der Waals surface area contributed by atoms with Gasteiger partial charge in [-0.05, 0) is 56.2 Å². The number of halogens is 1. The second-order valence-corrected chi connectivity index (χ2v) is 9.10. The number of benzene rings is 2. The molecule has 0 unspecified atom stereocenters. The zero-order chi connectivity index (χ0) is 23.3. The normalized spacial score (nSPS) is 11.3. The molecule has 0 saturated carbocycles. The Kier molecular flexibility index (Phi) is 7.09. The van der Waals surface area contributed by atoms with Crippen LogP contribution in [0.4, 0.5) is 10.1 Å². The molecule has 2 aromatic carbocycles. The molecule has 0 spiro atoms. The van der Waals surface area contributed by atoms with Gasteiger partial charge in [0.15, 0.2) is 0 Å². The Hall–Kier alpha value is -3.46. The van der Waals surface area contributed by atoms with E-state index in [0.29, 0.717) is 11.4 Å². The van der Waals surface area contributed by atoms with Gasteiger partial charge in [-0.1, -0.05) is 24.3 Å². The van der Waals surface area contributed by atoms with Gasteiger partial charge < -0.3 is 10.1 Å². The van der Waals surface area contributed by atoms with E-state index in [1.807, 2.05) is 13.8 Å². The largest absolute Gasteiger partial charge is 0.475 e. The van der Waals surface area contributed by atoms with Crippen LogP contribution in [-0.2, 0) is 16.6 Å². The Labute approximate surface area is 186 Å². The number of hydrogen-bond donors (Lipinski definition) is 2. The number of anilines is 1. The maximum atomic E-state index is 13.9. The number of aryl methyl sites for hydroxylation is 1. The minimum atomic E-state index is -4.08. The zero-order valence-corrected chi connectivity index (χ0v) is 18.7. The second-order valence-electron chi connectivity index (χ2n) is 7.42. The van der Waals surface area contributed by atoms with E-state index in [9.17, 15) is 17.6 Å². The van der Waals surface area contributed by atoms with E-state index in [4.69, 9.17) is 4.74 Å². The number of ether oxygens (including phenoxy) is 1. The smallest absolute Gasteiger partial charge is 0.262 e. The van der Waals surface area contributed by atoms with Crippen LogP contribution in [0.1, 0.15) is 35.3 Å². The van der Waals surface area contributed by atoms with Crippen molar-refractivity contribution in [3.63, 3.8) is 0 Å². The molecular formula is C23H24FN3O4S. The van der Waals surface area contributed by atoms with Gasteiger partial charge in [0, 0.05) is 24.4 Å². The van der Waals surface area contributed by atoms with Crippen molar-refractivity contribution in [2.24, 2.45) is 0 Å². The molecular weight excluding hydrogens is 433 g/mol. The number of hydrogen-bond acceptors (Lipinski definition) is 5. The quantitative estimate of drug-likeness (QED) is 0.532. The van der Waals surface area contributed by atoms with Crippen molar-refractivity contribution in [2.75, 3.05) is 4.72 Å². The molecule has 32 heavy (non-hydrogen) atoms. The molecule has 1 aromatic heterocycles. The third-order valence-corrected chi connectivity index (χ3v) is 5.85. The van der Waals surface area contributed by atoms with E-state index in [2.05, 4.69) is 15.0 Å². The highest BCUT2D eigenvalue weighted by Gasteiger charge is 2.19. The van der Waals surface area contributed by atoms with E-state index in [1.165, 1.54) is 36.4 Å². The van der Waals surface area contributed by atoms with E-state index < -0.39 is 21.7 Å². The first kappa shape index (κ1) is 23.2. The van der Waals surface area contributed by atoms with Crippen LogP contribution in [0.15, 0.2) is 65.7 Å². The molecule has 0 radical (unpaired) electrons. The van der Waals surface area contributed by atoms with Crippen LogP contribution >= 0.6 is 0 Å². The molecule has 0 fully saturated rings. The highest BCUT2D eigenvalue weighted by Crippen LogP contribution is 2.21. The van der Waals surface area contributed by atoms with Crippen molar-refractivity contribution in [1.29, 1.82) is 0 Å². The average Bonchev–Trinajstić information content (AvgIpc) is 2.74. The number of sulfonamides is 1. The summed E-state index contributed by atoms with van der Waals surface area (Å²) in [7, 11) is -4.08. The fraction of sp³-hybridized carbons (Fsp3) is 0.217. The van der Waals surface area contributed by atoms with Crippen molar-refractivity contribution >= 4 is 21.6 Å². The summed E-state index contributed by atoms with van der Waals surface area (Å²) in [5.74, 6) is -0.640. The van der Waals surface area contributed by atoms with E-state index in [1.54, 1.807) is 25.3 Å². The molecule has 0 aliphatic heterocycles. The third-order valence-electron chi connectivity index (χ3n) is 4.49. The summed E-state index contributed by atoms with van der Waals surface area (Å²) in [6.45, 7) is 5.71. The Morgan fingerprint density at radius 2 is 1.88 bits per heavy atom. The fourth-order valence-electron chi connectivity index (χ4n) is 2.86. The van der Waals surface area contributed by atoms with Crippen LogP contribution in [0.25, 0.3) is 0 Å². The highest BCUT2D eigenvalue weighted by molar-refractivity contribution is 7.92. The molecule has 0 aliphatic rings. The maximum Gasteiger partial charge on any atom is 0.262 e. The molecule has 7 nitrogen and oxygen atoms in total. The van der Waals surface area contributed by atoms with Crippen LogP contribution in [0.5, 0.6) is 5.88 Å². The Balaban J connectivity index is 1.73. The van der Waals surface area contributed by atoms with Crippen LogP contribution in [-0.4, -0.2) is 25.4 Å². The molecule has 2 N–H and O–H groups in total. The fourth-order valence-corrected chi connectivity index (χ4v) is 3.96. The summed E-state index contributed by atoms with van der Waals surface area (Å²) < 4.78 is 46.9. The third kappa shape index (κ3) is 5.82. The van der Waals surface area contributed by atoms with Crippen molar-refractivity contribution in [3.05, 3.63) is 83.3 Å². The van der Waals surface area contributed by atoms with E-state index in [0.717, 1.165) is 11.6 Å². The number of pyridine rings is 1. The lowest BCUT2D eigenvalue weighted by molar-refractivity contribution is 0.0950.